The number of carbonyl (C=O) groups excluding carboxylic acids is 3. The van der Waals surface area contributed by atoms with Crippen molar-refractivity contribution in [3.05, 3.63) is 113 Å². The van der Waals surface area contributed by atoms with Crippen LogP contribution in [0.1, 0.15) is 23.6 Å². The summed E-state index contributed by atoms with van der Waals surface area (Å²) < 4.78 is 0. The Hall–Kier alpha value is -4.23. The molecule has 35 heavy (non-hydrogen) atoms. The van der Waals surface area contributed by atoms with E-state index in [1.54, 1.807) is 24.3 Å². The van der Waals surface area contributed by atoms with Gasteiger partial charge in [-0.1, -0.05) is 72.3 Å². The average Bonchev–Trinajstić information content (AvgIpc) is 3.45. The summed E-state index contributed by atoms with van der Waals surface area (Å²) in [5, 5.41) is 9.43. The lowest BCUT2D eigenvalue weighted by molar-refractivity contribution is -0.131. The maximum absolute atomic E-state index is 13.2. The smallest absolute Gasteiger partial charge is 0.281 e. The summed E-state index contributed by atoms with van der Waals surface area (Å²) in [4.78, 5) is 39.6. The van der Waals surface area contributed by atoms with Crippen LogP contribution in [0.4, 0.5) is 5.69 Å². The van der Waals surface area contributed by atoms with Gasteiger partial charge >= 0.3 is 0 Å². The molecule has 2 heterocycles. The molecule has 0 fully saturated rings. The summed E-state index contributed by atoms with van der Waals surface area (Å²) in [6.45, 7) is -0.186. The molecular formula is C27H21ClN4O3. The van der Waals surface area contributed by atoms with Gasteiger partial charge in [-0.15, -0.1) is 0 Å². The van der Waals surface area contributed by atoms with E-state index in [2.05, 4.69) is 10.4 Å². The highest BCUT2D eigenvalue weighted by atomic mass is 35.5. The molecule has 1 atom stereocenters. The molecule has 0 saturated heterocycles. The van der Waals surface area contributed by atoms with Crippen LogP contribution in [-0.4, -0.2) is 35.0 Å². The Kier molecular flexibility index (Phi) is 6.16. The molecule has 2 aliphatic heterocycles. The molecule has 0 aliphatic carbocycles. The Balaban J connectivity index is 1.32. The van der Waals surface area contributed by atoms with Gasteiger partial charge in [0.15, 0.2) is 0 Å². The van der Waals surface area contributed by atoms with Crippen LogP contribution in [-0.2, 0) is 14.4 Å². The molecule has 0 spiro atoms. The number of nitrogens with zero attached hydrogens (tertiary/aromatic N) is 3. The number of hydrogen-bond donors (Lipinski definition) is 1. The fourth-order valence-electron chi connectivity index (χ4n) is 4.16. The lowest BCUT2D eigenvalue weighted by atomic mass is 9.98. The topological polar surface area (TPSA) is 82.1 Å². The minimum atomic E-state index is -0.528. The first kappa shape index (κ1) is 22.6. The zero-order valence-electron chi connectivity index (χ0n) is 18.6. The number of hydrazone groups is 1. The first-order valence-electron chi connectivity index (χ1n) is 11.1. The number of imide groups is 1. The average molecular weight is 485 g/mol. The number of nitrogens with one attached hydrogen (secondary N) is 1. The standard InChI is InChI=1S/C27H21ClN4O3/c28-20-11-13-21(14-12-20)31-25(33)16-23(27(31)35)29-17-26(34)32-24(19-9-5-2-6-10-19)15-22(30-32)18-7-3-1-4-8-18/h1-14,16,24,29H,15,17H2/t24-/m0/s1. The van der Waals surface area contributed by atoms with Crippen LogP contribution in [0, 0.1) is 0 Å². The number of rotatable bonds is 6. The lowest BCUT2D eigenvalue weighted by Gasteiger charge is -2.22. The molecule has 7 nitrogen and oxygen atoms in total. The molecule has 3 aromatic rings. The van der Waals surface area contributed by atoms with E-state index in [1.807, 2.05) is 60.7 Å². The summed E-state index contributed by atoms with van der Waals surface area (Å²) >= 11 is 5.91. The molecule has 8 heteroatoms. The van der Waals surface area contributed by atoms with Gasteiger partial charge in [0.2, 0.25) is 0 Å². The summed E-state index contributed by atoms with van der Waals surface area (Å²) in [7, 11) is 0. The highest BCUT2D eigenvalue weighted by Gasteiger charge is 2.35. The number of amides is 3. The number of carbonyl (C=O) groups is 3. The fourth-order valence-corrected chi connectivity index (χ4v) is 4.29. The minimum absolute atomic E-state index is 0.0565. The van der Waals surface area contributed by atoms with Crippen LogP contribution < -0.4 is 10.2 Å². The van der Waals surface area contributed by atoms with Gasteiger partial charge in [-0.05, 0) is 35.4 Å². The molecule has 1 N–H and O–H groups in total. The van der Waals surface area contributed by atoms with Crippen molar-refractivity contribution in [1.82, 2.24) is 10.3 Å². The fraction of sp³-hybridized carbons (Fsp3) is 0.111. The number of anilines is 1. The Morgan fingerprint density at radius 2 is 1.60 bits per heavy atom. The predicted octanol–water partition coefficient (Wildman–Crippen LogP) is 4.06. The van der Waals surface area contributed by atoms with Gasteiger partial charge < -0.3 is 5.32 Å². The van der Waals surface area contributed by atoms with Crippen molar-refractivity contribution < 1.29 is 14.4 Å². The molecule has 174 valence electrons. The third kappa shape index (κ3) is 4.58. The van der Waals surface area contributed by atoms with E-state index in [-0.39, 0.29) is 24.2 Å². The van der Waals surface area contributed by atoms with E-state index in [0.717, 1.165) is 21.7 Å². The van der Waals surface area contributed by atoms with Gasteiger partial charge in [0.1, 0.15) is 5.70 Å². The number of benzene rings is 3. The Morgan fingerprint density at radius 3 is 2.29 bits per heavy atom. The normalized spacial score (nSPS) is 17.5. The monoisotopic (exact) mass is 484 g/mol. The minimum Gasteiger partial charge on any atom is -0.371 e. The molecule has 5 rings (SSSR count). The van der Waals surface area contributed by atoms with Gasteiger partial charge in [-0.2, -0.15) is 5.10 Å². The van der Waals surface area contributed by atoms with Gasteiger partial charge in [-0.3, -0.25) is 14.4 Å². The lowest BCUT2D eigenvalue weighted by Crippen LogP contribution is -2.38. The van der Waals surface area contributed by atoms with Crippen LogP contribution >= 0.6 is 11.6 Å². The second kappa shape index (κ2) is 9.56. The van der Waals surface area contributed by atoms with Crippen molar-refractivity contribution in [2.75, 3.05) is 11.4 Å². The van der Waals surface area contributed by atoms with Gasteiger partial charge in [0.25, 0.3) is 17.7 Å². The van der Waals surface area contributed by atoms with Crippen LogP contribution in [0.5, 0.6) is 0 Å². The summed E-state index contributed by atoms with van der Waals surface area (Å²) in [6.07, 6.45) is 1.77. The second-order valence-electron chi connectivity index (χ2n) is 8.15. The third-order valence-electron chi connectivity index (χ3n) is 5.89. The SMILES string of the molecule is O=C1C=C(NCC(=O)N2N=C(c3ccccc3)C[C@H]2c2ccccc2)C(=O)N1c1ccc(Cl)cc1. The number of hydrogen-bond acceptors (Lipinski definition) is 5. The molecule has 0 unspecified atom stereocenters. The molecular weight excluding hydrogens is 464 g/mol. The second-order valence-corrected chi connectivity index (χ2v) is 8.58. The van der Waals surface area contributed by atoms with Crippen LogP contribution in [0.2, 0.25) is 5.02 Å². The van der Waals surface area contributed by atoms with Crippen molar-refractivity contribution in [3.8, 4) is 0 Å². The van der Waals surface area contributed by atoms with Crippen LogP contribution in [0.15, 0.2) is 102 Å². The van der Waals surface area contributed by atoms with E-state index in [4.69, 9.17) is 11.6 Å². The predicted molar refractivity (Wildman–Crippen MR) is 134 cm³/mol. The molecule has 0 aromatic heterocycles. The van der Waals surface area contributed by atoms with E-state index in [1.165, 1.54) is 11.1 Å². The van der Waals surface area contributed by atoms with Gasteiger partial charge in [-0.25, -0.2) is 9.91 Å². The van der Waals surface area contributed by atoms with Gasteiger partial charge in [0, 0.05) is 17.5 Å². The van der Waals surface area contributed by atoms with Crippen LogP contribution in [0.25, 0.3) is 0 Å². The highest BCUT2D eigenvalue weighted by molar-refractivity contribution is 6.32. The Labute approximate surface area is 207 Å². The van der Waals surface area contributed by atoms with E-state index < -0.39 is 11.8 Å². The van der Waals surface area contributed by atoms with Crippen molar-refractivity contribution in [3.63, 3.8) is 0 Å². The van der Waals surface area contributed by atoms with Crippen molar-refractivity contribution in [2.24, 2.45) is 5.10 Å². The number of halogens is 1. The van der Waals surface area contributed by atoms with Crippen molar-refractivity contribution in [1.29, 1.82) is 0 Å². The van der Waals surface area contributed by atoms with E-state index >= 15 is 0 Å². The van der Waals surface area contributed by atoms with Crippen LogP contribution in [0.3, 0.4) is 0 Å². The summed E-state index contributed by atoms with van der Waals surface area (Å²) in [5.41, 5.74) is 3.20. The third-order valence-corrected chi connectivity index (χ3v) is 6.15. The Morgan fingerprint density at radius 1 is 0.943 bits per heavy atom. The molecule has 2 aliphatic rings. The first-order chi connectivity index (χ1) is 17.0. The molecule has 0 bridgehead atoms. The Bertz CT molecular complexity index is 1340. The van der Waals surface area contributed by atoms with Gasteiger partial charge in [0.05, 0.1) is 24.0 Å². The maximum atomic E-state index is 13.2. The quantitative estimate of drug-likeness (QED) is 0.535. The van der Waals surface area contributed by atoms with E-state index in [0.29, 0.717) is 17.1 Å². The molecule has 3 aromatic carbocycles. The molecule has 0 radical (unpaired) electrons. The summed E-state index contributed by atoms with van der Waals surface area (Å²) in [5.74, 6) is -1.32. The first-order valence-corrected chi connectivity index (χ1v) is 11.5. The van der Waals surface area contributed by atoms with Crippen molar-refractivity contribution >= 4 is 40.7 Å². The summed E-state index contributed by atoms with van der Waals surface area (Å²) in [6, 6.07) is 25.6. The van der Waals surface area contributed by atoms with E-state index in [9.17, 15) is 14.4 Å². The molecule has 3 amide bonds. The maximum Gasteiger partial charge on any atom is 0.281 e. The molecule has 0 saturated carbocycles. The van der Waals surface area contributed by atoms with Crippen molar-refractivity contribution in [2.45, 2.75) is 12.5 Å². The zero-order chi connectivity index (χ0) is 24.4. The zero-order valence-corrected chi connectivity index (χ0v) is 19.4. The highest BCUT2D eigenvalue weighted by Crippen LogP contribution is 2.32. The largest absolute Gasteiger partial charge is 0.371 e.